The SMILES string of the molecule is CS(=O)(=O)c1cnc(N2CCCC2)nc1[C@@H]1CCCNC1. The van der Waals surface area contributed by atoms with Crippen molar-refractivity contribution >= 4 is 15.8 Å². The molecule has 116 valence electrons. The molecule has 2 saturated heterocycles. The first-order chi connectivity index (χ1) is 10.1. The van der Waals surface area contributed by atoms with Gasteiger partial charge in [-0.25, -0.2) is 18.4 Å². The molecule has 0 bridgehead atoms. The quantitative estimate of drug-likeness (QED) is 0.896. The summed E-state index contributed by atoms with van der Waals surface area (Å²) in [5.74, 6) is 0.841. The lowest BCUT2D eigenvalue weighted by atomic mass is 9.96. The van der Waals surface area contributed by atoms with Crippen molar-refractivity contribution in [1.82, 2.24) is 15.3 Å². The Bertz CT molecular complexity index is 605. The lowest BCUT2D eigenvalue weighted by Gasteiger charge is -2.25. The van der Waals surface area contributed by atoms with E-state index in [1.54, 1.807) is 0 Å². The highest BCUT2D eigenvalue weighted by molar-refractivity contribution is 7.90. The Hall–Kier alpha value is -1.21. The van der Waals surface area contributed by atoms with Gasteiger partial charge in [0.15, 0.2) is 9.84 Å². The van der Waals surface area contributed by atoms with Crippen LogP contribution in [0.2, 0.25) is 0 Å². The molecule has 21 heavy (non-hydrogen) atoms. The maximum absolute atomic E-state index is 12.0. The predicted molar refractivity (Wildman–Crippen MR) is 81.4 cm³/mol. The highest BCUT2D eigenvalue weighted by Gasteiger charge is 2.26. The highest BCUT2D eigenvalue weighted by Crippen LogP contribution is 2.29. The third kappa shape index (κ3) is 3.18. The molecule has 2 aliphatic rings. The second-order valence-electron chi connectivity index (χ2n) is 5.93. The van der Waals surface area contributed by atoms with Gasteiger partial charge < -0.3 is 10.2 Å². The fourth-order valence-corrected chi connectivity index (χ4v) is 3.94. The standard InChI is InChI=1S/C14H22N4O2S/c1-21(19,20)12-10-16-14(18-7-2-3-8-18)17-13(12)11-5-4-6-15-9-11/h10-11,15H,2-9H2,1H3/t11-/m1/s1. The normalized spacial score (nSPS) is 23.5. The van der Waals surface area contributed by atoms with Crippen molar-refractivity contribution in [2.24, 2.45) is 0 Å². The first-order valence-electron chi connectivity index (χ1n) is 7.58. The van der Waals surface area contributed by atoms with Crippen LogP contribution in [0.15, 0.2) is 11.1 Å². The monoisotopic (exact) mass is 310 g/mol. The molecule has 2 aliphatic heterocycles. The van der Waals surface area contributed by atoms with E-state index in [1.165, 1.54) is 12.5 Å². The largest absolute Gasteiger partial charge is 0.341 e. The molecule has 7 heteroatoms. The Morgan fingerprint density at radius 1 is 1.29 bits per heavy atom. The van der Waals surface area contributed by atoms with Crippen LogP contribution >= 0.6 is 0 Å². The number of aromatic nitrogens is 2. The van der Waals surface area contributed by atoms with Crippen LogP contribution in [0, 0.1) is 0 Å². The van der Waals surface area contributed by atoms with E-state index < -0.39 is 9.84 Å². The van der Waals surface area contributed by atoms with Crippen molar-refractivity contribution in [1.29, 1.82) is 0 Å². The third-order valence-corrected chi connectivity index (χ3v) is 5.36. The number of hydrogen-bond acceptors (Lipinski definition) is 6. The van der Waals surface area contributed by atoms with E-state index in [0.717, 1.165) is 51.9 Å². The van der Waals surface area contributed by atoms with Crippen molar-refractivity contribution in [3.8, 4) is 0 Å². The van der Waals surface area contributed by atoms with Gasteiger partial charge in [-0.1, -0.05) is 0 Å². The molecule has 1 aromatic rings. The molecule has 3 heterocycles. The highest BCUT2D eigenvalue weighted by atomic mass is 32.2. The van der Waals surface area contributed by atoms with Crippen LogP contribution in [0.4, 0.5) is 5.95 Å². The van der Waals surface area contributed by atoms with Gasteiger partial charge in [-0.2, -0.15) is 0 Å². The molecular formula is C14H22N4O2S. The van der Waals surface area contributed by atoms with E-state index in [2.05, 4.69) is 20.2 Å². The molecule has 0 saturated carbocycles. The Balaban J connectivity index is 2.00. The van der Waals surface area contributed by atoms with Crippen LogP contribution in [-0.4, -0.2) is 50.8 Å². The molecule has 0 unspecified atom stereocenters. The van der Waals surface area contributed by atoms with Gasteiger partial charge in [0, 0.05) is 31.8 Å². The predicted octanol–water partition coefficient (Wildman–Crippen LogP) is 0.947. The molecule has 0 aliphatic carbocycles. The molecule has 1 atom stereocenters. The summed E-state index contributed by atoms with van der Waals surface area (Å²) < 4.78 is 24.0. The van der Waals surface area contributed by atoms with Crippen LogP contribution in [0.25, 0.3) is 0 Å². The Morgan fingerprint density at radius 2 is 2.05 bits per heavy atom. The van der Waals surface area contributed by atoms with Crippen molar-refractivity contribution in [2.75, 3.05) is 37.3 Å². The summed E-state index contributed by atoms with van der Waals surface area (Å²) in [6, 6.07) is 0. The maximum atomic E-state index is 12.0. The summed E-state index contributed by atoms with van der Waals surface area (Å²) in [6.45, 7) is 3.70. The molecule has 0 aromatic carbocycles. The number of rotatable bonds is 3. The van der Waals surface area contributed by atoms with E-state index in [9.17, 15) is 8.42 Å². The minimum absolute atomic E-state index is 0.160. The summed E-state index contributed by atoms with van der Waals surface area (Å²) >= 11 is 0. The smallest absolute Gasteiger partial charge is 0.225 e. The lowest BCUT2D eigenvalue weighted by Crippen LogP contribution is -2.30. The zero-order valence-corrected chi connectivity index (χ0v) is 13.2. The van der Waals surface area contributed by atoms with Gasteiger partial charge in [-0.15, -0.1) is 0 Å². The van der Waals surface area contributed by atoms with E-state index in [1.807, 2.05) is 0 Å². The van der Waals surface area contributed by atoms with Crippen LogP contribution in [0.1, 0.15) is 37.3 Å². The van der Waals surface area contributed by atoms with Gasteiger partial charge >= 0.3 is 0 Å². The van der Waals surface area contributed by atoms with Crippen molar-refractivity contribution in [3.05, 3.63) is 11.9 Å². The van der Waals surface area contributed by atoms with E-state index in [-0.39, 0.29) is 5.92 Å². The number of nitrogens with zero attached hydrogens (tertiary/aromatic N) is 3. The van der Waals surface area contributed by atoms with E-state index in [0.29, 0.717) is 16.5 Å². The summed E-state index contributed by atoms with van der Waals surface area (Å²) in [4.78, 5) is 11.4. The van der Waals surface area contributed by atoms with Crippen LogP contribution in [-0.2, 0) is 9.84 Å². The maximum Gasteiger partial charge on any atom is 0.225 e. The average molecular weight is 310 g/mol. The first kappa shape index (κ1) is 14.7. The third-order valence-electron chi connectivity index (χ3n) is 4.24. The number of hydrogen-bond donors (Lipinski definition) is 1. The molecule has 3 rings (SSSR count). The molecular weight excluding hydrogens is 288 g/mol. The zero-order valence-electron chi connectivity index (χ0n) is 12.4. The fourth-order valence-electron chi connectivity index (χ4n) is 3.11. The molecule has 0 spiro atoms. The molecule has 1 aromatic heterocycles. The molecule has 0 radical (unpaired) electrons. The number of sulfone groups is 1. The molecule has 2 fully saturated rings. The van der Waals surface area contributed by atoms with E-state index in [4.69, 9.17) is 0 Å². The first-order valence-corrected chi connectivity index (χ1v) is 9.47. The molecule has 6 nitrogen and oxygen atoms in total. The van der Waals surface area contributed by atoms with Crippen molar-refractivity contribution < 1.29 is 8.42 Å². The number of anilines is 1. The Labute approximate surface area is 125 Å². The van der Waals surface area contributed by atoms with Crippen molar-refractivity contribution in [2.45, 2.75) is 36.5 Å². The summed E-state index contributed by atoms with van der Waals surface area (Å²) in [5.41, 5.74) is 0.696. The summed E-state index contributed by atoms with van der Waals surface area (Å²) in [7, 11) is -3.29. The van der Waals surface area contributed by atoms with Crippen molar-refractivity contribution in [3.63, 3.8) is 0 Å². The zero-order chi connectivity index (χ0) is 14.9. The molecule has 1 N–H and O–H groups in total. The van der Waals surface area contributed by atoms with Gasteiger partial charge in [0.1, 0.15) is 4.90 Å². The summed E-state index contributed by atoms with van der Waals surface area (Å²) in [5, 5.41) is 3.33. The van der Waals surface area contributed by atoms with Crippen LogP contribution in [0.5, 0.6) is 0 Å². The van der Waals surface area contributed by atoms with E-state index >= 15 is 0 Å². The van der Waals surface area contributed by atoms with Crippen LogP contribution < -0.4 is 10.2 Å². The number of piperidine rings is 1. The average Bonchev–Trinajstić information content (AvgIpc) is 3.01. The van der Waals surface area contributed by atoms with Gasteiger partial charge in [-0.3, -0.25) is 0 Å². The van der Waals surface area contributed by atoms with Gasteiger partial charge in [0.2, 0.25) is 5.95 Å². The van der Waals surface area contributed by atoms with Gasteiger partial charge in [-0.05, 0) is 32.2 Å². The Kier molecular flexibility index (Phi) is 4.12. The second kappa shape index (κ2) is 5.88. The lowest BCUT2D eigenvalue weighted by molar-refractivity contribution is 0.447. The topological polar surface area (TPSA) is 75.2 Å². The van der Waals surface area contributed by atoms with Gasteiger partial charge in [0.25, 0.3) is 0 Å². The van der Waals surface area contributed by atoms with Gasteiger partial charge in [0.05, 0.1) is 11.9 Å². The molecule has 0 amide bonds. The summed E-state index contributed by atoms with van der Waals surface area (Å²) in [6.07, 6.45) is 7.07. The number of nitrogens with one attached hydrogen (secondary N) is 1. The second-order valence-corrected chi connectivity index (χ2v) is 7.91. The van der Waals surface area contributed by atoms with Crippen LogP contribution in [0.3, 0.4) is 0 Å². The fraction of sp³-hybridized carbons (Fsp3) is 0.714. The minimum atomic E-state index is -3.29. The Morgan fingerprint density at radius 3 is 2.67 bits per heavy atom. The minimum Gasteiger partial charge on any atom is -0.341 e.